The first-order chi connectivity index (χ1) is 13.9. The predicted molar refractivity (Wildman–Crippen MR) is 107 cm³/mol. The molecule has 11 heteroatoms. The van der Waals surface area contributed by atoms with E-state index in [0.29, 0.717) is 18.8 Å². The highest BCUT2D eigenvalue weighted by molar-refractivity contribution is 7.89. The van der Waals surface area contributed by atoms with Crippen LogP contribution in [0.1, 0.15) is 36.7 Å². The summed E-state index contributed by atoms with van der Waals surface area (Å²) in [4.78, 5) is 35.9. The molecular weight excluding hydrogens is 414 g/mol. The zero-order valence-corrected chi connectivity index (χ0v) is 18.3. The number of amides is 3. The second kappa shape index (κ2) is 9.54. The minimum absolute atomic E-state index is 0.0243. The number of rotatable bonds is 5. The SMILES string of the molecule is Cc1ccc(S(=O)(=O)N2CCOCC2)cc1C(=O)OCC(=O)NC(=O)NC(C)(C)C. The summed E-state index contributed by atoms with van der Waals surface area (Å²) in [5, 5.41) is 4.60. The van der Waals surface area contributed by atoms with Crippen LogP contribution >= 0.6 is 0 Å². The molecule has 10 nitrogen and oxygen atoms in total. The first kappa shape index (κ1) is 23.8. The molecule has 1 saturated heterocycles. The molecule has 0 atom stereocenters. The van der Waals surface area contributed by atoms with E-state index < -0.39 is 40.1 Å². The van der Waals surface area contributed by atoms with Crippen LogP contribution in [0.2, 0.25) is 0 Å². The lowest BCUT2D eigenvalue weighted by atomic mass is 10.1. The van der Waals surface area contributed by atoms with Crippen molar-refractivity contribution in [3.63, 3.8) is 0 Å². The monoisotopic (exact) mass is 441 g/mol. The van der Waals surface area contributed by atoms with Crippen LogP contribution in [0.25, 0.3) is 0 Å². The summed E-state index contributed by atoms with van der Waals surface area (Å²) in [6.07, 6.45) is 0. The van der Waals surface area contributed by atoms with E-state index in [9.17, 15) is 22.8 Å². The number of imide groups is 1. The van der Waals surface area contributed by atoms with Gasteiger partial charge in [0.05, 0.1) is 23.7 Å². The van der Waals surface area contributed by atoms with E-state index in [1.54, 1.807) is 27.7 Å². The van der Waals surface area contributed by atoms with Crippen LogP contribution in [0.4, 0.5) is 4.79 Å². The molecule has 0 spiro atoms. The standard InChI is InChI=1S/C19H27N3O7S/c1-13-5-6-14(30(26,27)22-7-9-28-10-8-22)11-15(13)17(24)29-12-16(23)20-18(25)21-19(2,3)4/h5-6,11H,7-10,12H2,1-4H3,(H2,20,21,23,25). The van der Waals surface area contributed by atoms with Crippen molar-refractivity contribution in [3.8, 4) is 0 Å². The van der Waals surface area contributed by atoms with Crippen LogP contribution in [0.15, 0.2) is 23.1 Å². The van der Waals surface area contributed by atoms with Crippen molar-refractivity contribution >= 4 is 27.9 Å². The Kier molecular flexibility index (Phi) is 7.56. The van der Waals surface area contributed by atoms with Gasteiger partial charge >= 0.3 is 12.0 Å². The van der Waals surface area contributed by atoms with E-state index in [1.165, 1.54) is 22.5 Å². The minimum Gasteiger partial charge on any atom is -0.452 e. The molecule has 2 N–H and O–H groups in total. The number of carbonyl (C=O) groups is 3. The molecule has 1 aromatic rings. The van der Waals surface area contributed by atoms with Gasteiger partial charge in [-0.3, -0.25) is 10.1 Å². The minimum atomic E-state index is -3.79. The molecule has 0 unspecified atom stereocenters. The van der Waals surface area contributed by atoms with Crippen LogP contribution in [0.3, 0.4) is 0 Å². The molecule has 0 saturated carbocycles. The molecule has 30 heavy (non-hydrogen) atoms. The van der Waals surface area contributed by atoms with Gasteiger partial charge < -0.3 is 14.8 Å². The van der Waals surface area contributed by atoms with Gasteiger partial charge in [-0.05, 0) is 45.4 Å². The quantitative estimate of drug-likeness (QED) is 0.646. The van der Waals surface area contributed by atoms with Crippen molar-refractivity contribution in [2.75, 3.05) is 32.9 Å². The third-order valence-electron chi connectivity index (χ3n) is 4.11. The van der Waals surface area contributed by atoms with E-state index >= 15 is 0 Å². The lowest BCUT2D eigenvalue weighted by Crippen LogP contribution is -2.49. The van der Waals surface area contributed by atoms with Gasteiger partial charge in [0.25, 0.3) is 5.91 Å². The third-order valence-corrected chi connectivity index (χ3v) is 6.01. The molecule has 166 valence electrons. The summed E-state index contributed by atoms with van der Waals surface area (Å²) in [5.74, 6) is -1.67. The summed E-state index contributed by atoms with van der Waals surface area (Å²) in [5.41, 5.74) is -0.0204. The number of urea groups is 1. The van der Waals surface area contributed by atoms with Crippen LogP contribution in [0, 0.1) is 6.92 Å². The van der Waals surface area contributed by atoms with Crippen LogP contribution < -0.4 is 10.6 Å². The van der Waals surface area contributed by atoms with E-state index in [1.807, 2.05) is 0 Å². The van der Waals surface area contributed by atoms with Crippen LogP contribution in [-0.4, -0.2) is 69.1 Å². The summed E-state index contributed by atoms with van der Waals surface area (Å²) >= 11 is 0. The number of esters is 1. The average molecular weight is 442 g/mol. The van der Waals surface area contributed by atoms with Gasteiger partial charge in [0.1, 0.15) is 0 Å². The topological polar surface area (TPSA) is 131 Å². The average Bonchev–Trinajstić information content (AvgIpc) is 2.65. The molecule has 1 aromatic carbocycles. The number of ether oxygens (including phenoxy) is 2. The van der Waals surface area contributed by atoms with E-state index in [-0.39, 0.29) is 23.5 Å². The van der Waals surface area contributed by atoms with E-state index in [2.05, 4.69) is 10.6 Å². The number of nitrogens with zero attached hydrogens (tertiary/aromatic N) is 1. The first-order valence-corrected chi connectivity index (χ1v) is 10.8. The Morgan fingerprint density at radius 3 is 2.40 bits per heavy atom. The fraction of sp³-hybridized carbons (Fsp3) is 0.526. The Morgan fingerprint density at radius 2 is 1.80 bits per heavy atom. The van der Waals surface area contributed by atoms with Gasteiger partial charge in [-0.1, -0.05) is 6.07 Å². The summed E-state index contributed by atoms with van der Waals surface area (Å²) in [6.45, 7) is 7.25. The maximum absolute atomic E-state index is 12.8. The van der Waals surface area contributed by atoms with Crippen LogP contribution in [0.5, 0.6) is 0 Å². The molecule has 1 aliphatic heterocycles. The fourth-order valence-corrected chi connectivity index (χ4v) is 4.10. The normalized spacial score (nSPS) is 15.3. The Bertz CT molecular complexity index is 917. The molecule has 1 fully saturated rings. The number of sulfonamides is 1. The third kappa shape index (κ3) is 6.51. The van der Waals surface area contributed by atoms with E-state index in [0.717, 1.165) is 0 Å². The number of carbonyl (C=O) groups excluding carboxylic acids is 3. The zero-order chi connectivity index (χ0) is 22.5. The molecule has 0 bridgehead atoms. The molecule has 3 amide bonds. The zero-order valence-electron chi connectivity index (χ0n) is 17.5. The Morgan fingerprint density at radius 1 is 1.17 bits per heavy atom. The highest BCUT2D eigenvalue weighted by atomic mass is 32.2. The van der Waals surface area contributed by atoms with Crippen molar-refractivity contribution in [2.45, 2.75) is 38.1 Å². The van der Waals surface area contributed by atoms with Gasteiger partial charge in [0.15, 0.2) is 6.61 Å². The molecule has 2 rings (SSSR count). The molecule has 0 radical (unpaired) electrons. The van der Waals surface area contributed by atoms with Crippen molar-refractivity contribution in [1.82, 2.24) is 14.9 Å². The molecule has 1 aliphatic rings. The van der Waals surface area contributed by atoms with Gasteiger partial charge in [-0.25, -0.2) is 18.0 Å². The fourth-order valence-electron chi connectivity index (χ4n) is 2.66. The Balaban J connectivity index is 2.04. The lowest BCUT2D eigenvalue weighted by Gasteiger charge is -2.26. The molecular formula is C19H27N3O7S. The molecule has 0 aromatic heterocycles. The van der Waals surface area contributed by atoms with E-state index in [4.69, 9.17) is 9.47 Å². The lowest BCUT2D eigenvalue weighted by molar-refractivity contribution is -0.123. The highest BCUT2D eigenvalue weighted by Gasteiger charge is 2.28. The van der Waals surface area contributed by atoms with Gasteiger partial charge in [-0.15, -0.1) is 0 Å². The maximum Gasteiger partial charge on any atom is 0.338 e. The summed E-state index contributed by atoms with van der Waals surface area (Å²) in [6, 6.07) is 3.44. The van der Waals surface area contributed by atoms with Crippen molar-refractivity contribution in [2.24, 2.45) is 0 Å². The second-order valence-corrected chi connectivity index (χ2v) is 9.76. The van der Waals surface area contributed by atoms with Crippen molar-refractivity contribution in [1.29, 1.82) is 0 Å². The Hall–Kier alpha value is -2.50. The number of hydrogen-bond acceptors (Lipinski definition) is 7. The summed E-state index contributed by atoms with van der Waals surface area (Å²) in [7, 11) is -3.79. The number of hydrogen-bond donors (Lipinski definition) is 2. The number of morpholine rings is 1. The van der Waals surface area contributed by atoms with Gasteiger partial charge in [-0.2, -0.15) is 4.31 Å². The Labute approximate surface area is 176 Å². The number of aryl methyl sites for hydroxylation is 1. The first-order valence-electron chi connectivity index (χ1n) is 9.38. The molecule has 1 heterocycles. The highest BCUT2D eigenvalue weighted by Crippen LogP contribution is 2.21. The smallest absolute Gasteiger partial charge is 0.338 e. The molecule has 0 aliphatic carbocycles. The largest absolute Gasteiger partial charge is 0.452 e. The van der Waals surface area contributed by atoms with Crippen molar-refractivity contribution < 1.29 is 32.3 Å². The summed E-state index contributed by atoms with van der Waals surface area (Å²) < 4.78 is 37.0. The second-order valence-electron chi connectivity index (χ2n) is 7.82. The van der Waals surface area contributed by atoms with Gasteiger partial charge in [0.2, 0.25) is 10.0 Å². The van der Waals surface area contributed by atoms with Crippen molar-refractivity contribution in [3.05, 3.63) is 29.3 Å². The van der Waals surface area contributed by atoms with Crippen LogP contribution in [-0.2, 0) is 24.3 Å². The number of benzene rings is 1. The number of nitrogens with one attached hydrogen (secondary N) is 2. The maximum atomic E-state index is 12.8. The van der Waals surface area contributed by atoms with Gasteiger partial charge in [0, 0.05) is 18.6 Å². The predicted octanol–water partition coefficient (Wildman–Crippen LogP) is 0.797.